The van der Waals surface area contributed by atoms with Crippen LogP contribution in [0.3, 0.4) is 0 Å². The highest BCUT2D eigenvalue weighted by molar-refractivity contribution is 5.92. The Morgan fingerprint density at radius 1 is 0.531 bits per heavy atom. The van der Waals surface area contributed by atoms with E-state index in [1.165, 1.54) is 64.1 Å². The number of ether oxygens (including phenoxy) is 4. The van der Waals surface area contributed by atoms with Gasteiger partial charge in [0.1, 0.15) is 0 Å². The first kappa shape index (κ1) is 39.5. The van der Waals surface area contributed by atoms with Crippen molar-refractivity contribution in [1.82, 2.24) is 0 Å². The first-order valence-corrected chi connectivity index (χ1v) is 15.3. The minimum atomic E-state index is -0.773. The fraction of sp³-hybridized carbons (Fsp3) is 0.231. The molecule has 0 radical (unpaired) electrons. The number of unbranched alkanes of at least 4 members (excludes halogenated alkanes) is 2. The van der Waals surface area contributed by atoms with Crippen LogP contribution in [0.5, 0.6) is 23.0 Å². The number of hydrogen-bond donors (Lipinski definition) is 0. The van der Waals surface area contributed by atoms with E-state index in [0.29, 0.717) is 11.1 Å². The second-order valence-corrected chi connectivity index (χ2v) is 11.2. The predicted molar refractivity (Wildman–Crippen MR) is 183 cm³/mol. The van der Waals surface area contributed by atoms with E-state index >= 15 is 0 Å². The van der Waals surface area contributed by atoms with Crippen molar-refractivity contribution >= 4 is 23.9 Å². The quantitative estimate of drug-likeness (QED) is 0.0766. The summed E-state index contributed by atoms with van der Waals surface area (Å²) in [5, 5.41) is 0. The maximum atomic E-state index is 14.4. The molecular formula is C39H40F2O8. The molecule has 0 spiro atoms. The van der Waals surface area contributed by atoms with Crippen molar-refractivity contribution in [2.45, 2.75) is 60.3 Å². The van der Waals surface area contributed by atoms with Crippen LogP contribution in [0.15, 0.2) is 103 Å². The van der Waals surface area contributed by atoms with Gasteiger partial charge in [-0.2, -0.15) is 0 Å². The second kappa shape index (κ2) is 18.6. The molecule has 3 rings (SSSR count). The summed E-state index contributed by atoms with van der Waals surface area (Å²) in [6, 6.07) is 13.0. The summed E-state index contributed by atoms with van der Waals surface area (Å²) in [5.41, 5.74) is 2.46. The second-order valence-electron chi connectivity index (χ2n) is 11.2. The van der Waals surface area contributed by atoms with E-state index in [1.807, 2.05) is 0 Å². The van der Waals surface area contributed by atoms with Gasteiger partial charge in [-0.3, -0.25) is 0 Å². The minimum absolute atomic E-state index is 0.0150. The topological polar surface area (TPSA) is 105 Å². The van der Waals surface area contributed by atoms with Crippen molar-refractivity contribution in [1.29, 1.82) is 0 Å². The van der Waals surface area contributed by atoms with Gasteiger partial charge in [0, 0.05) is 22.3 Å². The van der Waals surface area contributed by atoms with Gasteiger partial charge >= 0.3 is 23.9 Å². The molecule has 0 bridgehead atoms. The molecule has 0 aliphatic carbocycles. The lowest BCUT2D eigenvalue weighted by Crippen LogP contribution is -2.12. The van der Waals surface area contributed by atoms with Crippen molar-refractivity contribution in [2.24, 2.45) is 0 Å². The molecule has 8 nitrogen and oxygen atoms in total. The van der Waals surface area contributed by atoms with Gasteiger partial charge in [0.25, 0.3) is 0 Å². The fourth-order valence-corrected chi connectivity index (χ4v) is 3.72. The van der Waals surface area contributed by atoms with Crippen LogP contribution >= 0.6 is 0 Å². The zero-order valence-electron chi connectivity index (χ0n) is 28.4. The summed E-state index contributed by atoms with van der Waals surface area (Å²) >= 11 is 0. The molecule has 0 saturated heterocycles. The van der Waals surface area contributed by atoms with Crippen molar-refractivity contribution in [3.05, 3.63) is 120 Å². The Balaban J connectivity index is 0.000000393. The summed E-state index contributed by atoms with van der Waals surface area (Å²) < 4.78 is 48.4. The molecule has 0 atom stereocenters. The Kier molecular flexibility index (Phi) is 15.0. The highest BCUT2D eigenvalue weighted by Gasteiger charge is 2.18. The molecule has 0 aromatic heterocycles. The van der Waals surface area contributed by atoms with E-state index in [9.17, 15) is 28.0 Å². The molecule has 0 aliphatic rings. The van der Waals surface area contributed by atoms with Crippen LogP contribution in [0.4, 0.5) is 8.78 Å². The molecule has 0 saturated carbocycles. The van der Waals surface area contributed by atoms with Crippen LogP contribution in [-0.4, -0.2) is 23.9 Å². The van der Waals surface area contributed by atoms with E-state index in [-0.39, 0.29) is 45.3 Å². The molecule has 3 aromatic carbocycles. The molecular weight excluding hydrogens is 634 g/mol. The highest BCUT2D eigenvalue weighted by atomic mass is 19.1. The first-order valence-electron chi connectivity index (χ1n) is 15.3. The van der Waals surface area contributed by atoms with E-state index in [2.05, 4.69) is 33.2 Å². The molecule has 0 unspecified atom stereocenters. The molecule has 3 aromatic rings. The monoisotopic (exact) mass is 674 g/mol. The number of aryl methyl sites for hydroxylation is 1. The van der Waals surface area contributed by atoms with Crippen LogP contribution in [0, 0.1) is 11.6 Å². The number of benzene rings is 3. The smallest absolute Gasteiger partial charge is 0.338 e. The van der Waals surface area contributed by atoms with E-state index in [4.69, 9.17) is 18.9 Å². The third-order valence-electron chi connectivity index (χ3n) is 6.48. The Bertz CT molecular complexity index is 1790. The van der Waals surface area contributed by atoms with E-state index in [1.54, 1.807) is 12.1 Å². The molecule has 0 fully saturated rings. The Morgan fingerprint density at radius 2 is 0.918 bits per heavy atom. The van der Waals surface area contributed by atoms with Crippen LogP contribution in [0.2, 0.25) is 0 Å². The summed E-state index contributed by atoms with van der Waals surface area (Å²) in [4.78, 5) is 46.7. The van der Waals surface area contributed by atoms with Crippen molar-refractivity contribution in [2.75, 3.05) is 0 Å². The third kappa shape index (κ3) is 12.5. The lowest BCUT2D eigenvalue weighted by molar-refractivity contribution is -0.132. The Morgan fingerprint density at radius 3 is 1.35 bits per heavy atom. The molecule has 49 heavy (non-hydrogen) atoms. The minimum Gasteiger partial charge on any atom is -0.420 e. The molecule has 0 heterocycles. The number of hydrogen-bond acceptors (Lipinski definition) is 8. The van der Waals surface area contributed by atoms with Crippen LogP contribution < -0.4 is 18.9 Å². The predicted octanol–water partition coefficient (Wildman–Crippen LogP) is 8.98. The Labute approximate surface area is 285 Å². The lowest BCUT2D eigenvalue weighted by Gasteiger charge is -2.13. The van der Waals surface area contributed by atoms with Gasteiger partial charge in [-0.05, 0) is 93.6 Å². The standard InChI is InChI=1S/C24H21FO6.C15H19FO2/c1-13(2)22(26)29-19-9-7-16(11-18(19)25)17-8-10-20(30-23(27)14(3)4)21(12-17)31-24(28)15(5)6;1-4-5-6-7-12-8-9-14(13(16)10-12)18-15(17)11(2)3/h7-12H,1,3,5H2,2,4,6H3;8-10H,2,4-7H2,1,3H3. The average Bonchev–Trinajstić information content (AvgIpc) is 3.04. The van der Waals surface area contributed by atoms with Crippen LogP contribution in [0.1, 0.15) is 59.4 Å². The van der Waals surface area contributed by atoms with Gasteiger partial charge in [-0.1, -0.05) is 64.3 Å². The first-order chi connectivity index (χ1) is 23.0. The molecule has 10 heteroatoms. The van der Waals surface area contributed by atoms with Gasteiger partial charge in [0.15, 0.2) is 34.6 Å². The largest absolute Gasteiger partial charge is 0.420 e. The van der Waals surface area contributed by atoms with Crippen molar-refractivity contribution < 1.29 is 46.9 Å². The number of esters is 4. The summed E-state index contributed by atoms with van der Waals surface area (Å²) in [5.74, 6) is -4.41. The van der Waals surface area contributed by atoms with Gasteiger partial charge < -0.3 is 18.9 Å². The summed E-state index contributed by atoms with van der Waals surface area (Å²) in [6.45, 7) is 22.0. The van der Waals surface area contributed by atoms with E-state index < -0.39 is 35.5 Å². The average molecular weight is 675 g/mol. The molecule has 0 amide bonds. The summed E-state index contributed by atoms with van der Waals surface area (Å²) in [7, 11) is 0. The normalized spacial score (nSPS) is 10.1. The number of carbonyl (C=O) groups is 4. The van der Waals surface area contributed by atoms with E-state index in [0.717, 1.165) is 37.3 Å². The van der Waals surface area contributed by atoms with Gasteiger partial charge in [-0.25, -0.2) is 28.0 Å². The van der Waals surface area contributed by atoms with Crippen molar-refractivity contribution in [3.8, 4) is 34.1 Å². The number of carbonyl (C=O) groups excluding carboxylic acids is 4. The van der Waals surface area contributed by atoms with Gasteiger partial charge in [-0.15, -0.1) is 0 Å². The van der Waals surface area contributed by atoms with Gasteiger partial charge in [0.2, 0.25) is 0 Å². The SMILES string of the molecule is C=C(C)C(=O)Oc1ccc(-c2ccc(OC(=O)C(=C)C)c(OC(=O)C(=C)C)c2)cc1F.C=C(C)C(=O)Oc1ccc(CCCCC)cc1F. The maximum Gasteiger partial charge on any atom is 0.338 e. The molecule has 0 aliphatic heterocycles. The zero-order chi connectivity index (χ0) is 36.8. The fourth-order valence-electron chi connectivity index (χ4n) is 3.72. The Hall–Kier alpha value is -5.64. The van der Waals surface area contributed by atoms with Crippen molar-refractivity contribution in [3.63, 3.8) is 0 Å². The summed E-state index contributed by atoms with van der Waals surface area (Å²) in [6.07, 6.45) is 4.16. The third-order valence-corrected chi connectivity index (χ3v) is 6.48. The molecule has 0 N–H and O–H groups in total. The highest BCUT2D eigenvalue weighted by Crippen LogP contribution is 2.35. The lowest BCUT2D eigenvalue weighted by atomic mass is 10.0. The maximum absolute atomic E-state index is 14.4. The number of rotatable bonds is 13. The number of halogens is 2. The van der Waals surface area contributed by atoms with Crippen LogP contribution in [0.25, 0.3) is 11.1 Å². The molecule has 258 valence electrons. The van der Waals surface area contributed by atoms with Crippen LogP contribution in [-0.2, 0) is 25.6 Å². The zero-order valence-corrected chi connectivity index (χ0v) is 28.4. The van der Waals surface area contributed by atoms with Gasteiger partial charge in [0.05, 0.1) is 0 Å².